The van der Waals surface area contributed by atoms with Crippen LogP contribution >= 0.6 is 136 Å². The third-order valence-corrected chi connectivity index (χ3v) is 28.7. The number of hydrogen-bond donors (Lipinski definition) is 0. The summed E-state index contributed by atoms with van der Waals surface area (Å²) < 4.78 is 390. The summed E-state index contributed by atoms with van der Waals surface area (Å²) in [5.41, 5.74) is -1.27. The summed E-state index contributed by atoms with van der Waals surface area (Å²) in [5, 5.41) is 0. The van der Waals surface area contributed by atoms with E-state index in [4.69, 9.17) is 28.4 Å². The van der Waals surface area contributed by atoms with Crippen molar-refractivity contribution in [1.29, 1.82) is 0 Å². The van der Waals surface area contributed by atoms with Gasteiger partial charge in [0.2, 0.25) is 104 Å². The number of ether oxygens (including phenoxy) is 6. The Morgan fingerprint density at radius 2 is 0.209 bits per heavy atom. The molecule has 0 unspecified atom stereocenters. The van der Waals surface area contributed by atoms with Crippen molar-refractivity contribution in [3.63, 3.8) is 0 Å². The lowest BCUT2D eigenvalue weighted by molar-refractivity contribution is 0.362. The van der Waals surface area contributed by atoms with Crippen LogP contribution in [-0.2, 0) is 21.7 Å². The minimum absolute atomic E-state index is 0.332. The molecule has 6 nitrogen and oxygen atoms in total. The van der Waals surface area contributed by atoms with Gasteiger partial charge in [-0.15, -0.1) is 0 Å². The van der Waals surface area contributed by atoms with Crippen LogP contribution in [0.1, 0.15) is 94.5 Å². The zero-order valence-electron chi connectivity index (χ0n) is 67.6. The van der Waals surface area contributed by atoms with Gasteiger partial charge in [0.25, 0.3) is 0 Å². The second-order valence-corrected chi connectivity index (χ2v) is 36.9. The SMILES string of the molecule is CC(c1ccc(Oc2c(F)c(F)c(I)c(F)c2F)cc1)(c1ccc(Oc2c(F)c(F)c(I)c(F)c2F)cc1)c1ccc(C(C)(c2ccc(C(C)(c3ccc(Oc4c(F)c(F)c(I)c(F)c4F)cc3)c3ccc(Oc4c(F)c(F)c(I)c(F)c4F)cc3)cc2)c2ccc(C(C)(c3ccc(Oc4c(F)c(F)c(I)c(F)c4F)cc3)c3ccc(Oc4c(F)c(F)c(I)c(F)c4F)cc3)cc2)cc1. The average molecular weight is 2540 g/mol. The first-order valence-corrected chi connectivity index (χ1v) is 45.0. The van der Waals surface area contributed by atoms with Crippen molar-refractivity contribution in [3.8, 4) is 69.0 Å². The minimum Gasteiger partial charge on any atom is -0.451 e. The Morgan fingerprint density at radius 1 is 0.134 bits per heavy atom. The van der Waals surface area contributed by atoms with E-state index in [0.29, 0.717) is 66.8 Å². The lowest BCUT2D eigenvalue weighted by Gasteiger charge is -2.37. The van der Waals surface area contributed by atoms with Gasteiger partial charge in [-0.05, 0) is 303 Å². The molecule has 0 fully saturated rings. The molecule has 0 aliphatic carbocycles. The first kappa shape index (κ1) is 98.3. The highest BCUT2D eigenvalue weighted by Gasteiger charge is 2.42. The maximum atomic E-state index is 15.4. The van der Waals surface area contributed by atoms with Crippen molar-refractivity contribution >= 4 is 136 Å². The first-order valence-electron chi connectivity index (χ1n) is 38.5. The molecule has 686 valence electrons. The molecule has 15 rings (SSSR count). The van der Waals surface area contributed by atoms with Crippen LogP contribution in [-0.4, -0.2) is 0 Å². The second-order valence-electron chi connectivity index (χ2n) is 30.4. The molecule has 0 N–H and O–H groups in total. The molecule has 0 atom stereocenters. The van der Waals surface area contributed by atoms with E-state index < -0.39 is 217 Å². The molecule has 0 saturated heterocycles. The van der Waals surface area contributed by atoms with Crippen molar-refractivity contribution in [1.82, 2.24) is 0 Å². The molecule has 15 aromatic carbocycles. The number of rotatable bonds is 24. The highest BCUT2D eigenvalue weighted by atomic mass is 127. The molecule has 0 aliphatic heterocycles. The van der Waals surface area contributed by atoms with E-state index in [9.17, 15) is 52.7 Å². The van der Waals surface area contributed by atoms with Gasteiger partial charge >= 0.3 is 0 Å². The number of benzene rings is 15. The first-order chi connectivity index (χ1) is 63.4. The average Bonchev–Trinajstić information content (AvgIpc) is 0.752. The van der Waals surface area contributed by atoms with E-state index in [1.165, 1.54) is 146 Å². The van der Waals surface area contributed by atoms with Crippen molar-refractivity contribution < 1.29 is 134 Å². The Balaban J connectivity index is 0.890. The van der Waals surface area contributed by atoms with Crippen LogP contribution in [0.2, 0.25) is 0 Å². The normalized spacial score (nSPS) is 12.0. The molecule has 134 heavy (non-hydrogen) atoms. The molecule has 0 heterocycles. The highest BCUT2D eigenvalue weighted by Crippen LogP contribution is 2.51. The standard InChI is InChI=1S/C98H48F24I6O6/c1-95(41-5-11-44(12-6-41)96(2,47-17-29-53(30-18-47)129-89-71(111)59(99)83(123)60(100)72(89)112)48-19-31-54(32-20-48)130-90-73(113)61(101)84(124)62(102)74(90)114,42-7-13-45(14-8-42)97(3,49-21-33-55(34-22-49)131-91-75(115)63(103)85(125)64(104)76(91)116)50-23-35-56(36-24-50)132-92-77(117)65(105)86(126)66(106)78(92)118)43-9-15-46(16-10-43)98(4,51-25-37-57(38-26-51)133-93-79(119)67(107)87(127)68(108)80(93)120)52-27-39-58(40-28-52)134-94-81(121)69(109)88(128)70(110)82(94)122/h5-40H,1-4H3. The lowest BCUT2D eigenvalue weighted by Crippen LogP contribution is -2.29. The smallest absolute Gasteiger partial charge is 0.205 e. The zero-order valence-corrected chi connectivity index (χ0v) is 80.5. The molecule has 0 radical (unpaired) electrons. The van der Waals surface area contributed by atoms with Gasteiger partial charge in [-0.1, -0.05) is 146 Å². The maximum Gasteiger partial charge on any atom is 0.205 e. The molecule has 0 aromatic heterocycles. The van der Waals surface area contributed by atoms with Gasteiger partial charge in [0.15, 0.2) is 69.8 Å². The van der Waals surface area contributed by atoms with Gasteiger partial charge < -0.3 is 28.4 Å². The fourth-order valence-corrected chi connectivity index (χ4v) is 18.1. The predicted molar refractivity (Wildman–Crippen MR) is 495 cm³/mol. The molecule has 0 bridgehead atoms. The number of halogens is 30. The second kappa shape index (κ2) is 38.4. The molecule has 0 amide bonds. The Hall–Kier alpha value is -10.2. The third-order valence-electron chi connectivity index (χ3n) is 23.0. The number of hydrogen-bond acceptors (Lipinski definition) is 6. The van der Waals surface area contributed by atoms with Crippen LogP contribution in [0.5, 0.6) is 69.0 Å². The van der Waals surface area contributed by atoms with E-state index in [2.05, 4.69) is 0 Å². The van der Waals surface area contributed by atoms with Gasteiger partial charge in [0.05, 0.1) is 21.4 Å². The van der Waals surface area contributed by atoms with E-state index in [-0.39, 0.29) is 34.5 Å². The van der Waals surface area contributed by atoms with Gasteiger partial charge in [-0.25, -0.2) is 52.7 Å². The van der Waals surface area contributed by atoms with Crippen LogP contribution in [0.15, 0.2) is 218 Å². The summed E-state index contributed by atoms with van der Waals surface area (Å²) >= 11 is 6.44. The van der Waals surface area contributed by atoms with Crippen LogP contribution in [0.3, 0.4) is 0 Å². The van der Waals surface area contributed by atoms with Gasteiger partial charge in [-0.3, -0.25) is 0 Å². The van der Waals surface area contributed by atoms with E-state index >= 15 is 52.7 Å². The van der Waals surface area contributed by atoms with Crippen molar-refractivity contribution in [3.05, 3.63) is 446 Å². The summed E-state index contributed by atoms with van der Waals surface area (Å²) in [4.78, 5) is 0. The fourth-order valence-electron chi connectivity index (χ4n) is 15.3. The largest absolute Gasteiger partial charge is 0.451 e. The third kappa shape index (κ3) is 17.4. The van der Waals surface area contributed by atoms with Crippen molar-refractivity contribution in [2.75, 3.05) is 0 Å². The molecular weight excluding hydrogens is 2490 g/mol. The summed E-state index contributed by atoms with van der Waals surface area (Å²) in [7, 11) is 0. The van der Waals surface area contributed by atoms with Crippen LogP contribution in [0.25, 0.3) is 0 Å². The van der Waals surface area contributed by atoms with Crippen LogP contribution in [0.4, 0.5) is 105 Å². The molecular formula is C98H48F24I6O6. The van der Waals surface area contributed by atoms with Crippen LogP contribution < -0.4 is 28.4 Å². The van der Waals surface area contributed by atoms with Crippen molar-refractivity contribution in [2.24, 2.45) is 0 Å². The summed E-state index contributed by atoms with van der Waals surface area (Å²) in [6, 6.07) is 52.3. The van der Waals surface area contributed by atoms with Crippen LogP contribution in [0, 0.1) is 161 Å². The highest BCUT2D eigenvalue weighted by molar-refractivity contribution is 14.1. The molecule has 0 spiro atoms. The predicted octanol–water partition coefficient (Wildman–Crippen LogP) is 32.8. The molecule has 0 aliphatic rings. The zero-order chi connectivity index (χ0) is 96.9. The van der Waals surface area contributed by atoms with E-state index in [0.717, 1.165) is 136 Å². The molecule has 0 saturated carbocycles. The fraction of sp³-hybridized carbons (Fsp3) is 0.0816. The Labute approximate surface area is 825 Å². The maximum absolute atomic E-state index is 15.4. The van der Waals surface area contributed by atoms with Crippen molar-refractivity contribution in [2.45, 2.75) is 49.4 Å². The summed E-state index contributed by atoms with van der Waals surface area (Å²) in [5.74, 6) is -53.8. The van der Waals surface area contributed by atoms with Gasteiger partial charge in [0, 0.05) is 21.7 Å². The Bertz CT molecular complexity index is 6000. The summed E-state index contributed by atoms with van der Waals surface area (Å²) in [6.07, 6.45) is 0. The van der Waals surface area contributed by atoms with Gasteiger partial charge in [0.1, 0.15) is 34.5 Å². The monoisotopic (exact) mass is 2540 g/mol. The molecule has 15 aromatic rings. The Morgan fingerprint density at radius 3 is 0.291 bits per heavy atom. The topological polar surface area (TPSA) is 55.4 Å². The van der Waals surface area contributed by atoms with Gasteiger partial charge in [-0.2, -0.15) is 52.7 Å². The van der Waals surface area contributed by atoms with E-state index in [1.807, 2.05) is 6.92 Å². The Kier molecular flexibility index (Phi) is 28.2. The quantitative estimate of drug-likeness (QED) is 0.0198. The molecule has 36 heteroatoms. The van der Waals surface area contributed by atoms with E-state index in [1.54, 1.807) is 93.6 Å². The summed E-state index contributed by atoms with van der Waals surface area (Å²) in [6.45, 7) is 6.90. The lowest BCUT2D eigenvalue weighted by atomic mass is 9.66. The minimum atomic E-state index is -1.86.